The van der Waals surface area contributed by atoms with Crippen molar-refractivity contribution in [3.8, 4) is 5.75 Å². The van der Waals surface area contributed by atoms with Crippen molar-refractivity contribution in [3.63, 3.8) is 0 Å². The van der Waals surface area contributed by atoms with Crippen LogP contribution in [0.5, 0.6) is 5.75 Å². The maximum absolute atomic E-state index is 13.6. The molecule has 5 nitrogen and oxygen atoms in total. The van der Waals surface area contributed by atoms with Crippen molar-refractivity contribution in [2.24, 2.45) is 17.8 Å². The number of nitrogens with zero attached hydrogens (tertiary/aromatic N) is 1. The number of aromatic hydroxyl groups is 1. The van der Waals surface area contributed by atoms with Crippen molar-refractivity contribution < 1.29 is 45.8 Å². The number of alkyl halides is 6. The molecule has 1 N–H and O–H groups in total. The van der Waals surface area contributed by atoms with Crippen LogP contribution in [0, 0.1) is 17.8 Å². The Hall–Kier alpha value is -3.60. The highest BCUT2D eigenvalue weighted by Gasteiger charge is 2.57. The molecule has 0 bridgehead atoms. The van der Waals surface area contributed by atoms with Crippen LogP contribution in [0.1, 0.15) is 62.6 Å². The van der Waals surface area contributed by atoms with Crippen LogP contribution >= 0.6 is 0 Å². The van der Waals surface area contributed by atoms with Gasteiger partial charge in [0.1, 0.15) is 5.75 Å². The highest BCUT2D eigenvalue weighted by molar-refractivity contribution is 6.22. The molecule has 43 heavy (non-hydrogen) atoms. The fourth-order valence-electron chi connectivity index (χ4n) is 6.71. The van der Waals surface area contributed by atoms with Gasteiger partial charge in [0.25, 0.3) is 0 Å². The van der Waals surface area contributed by atoms with Gasteiger partial charge < -0.3 is 9.84 Å². The minimum atomic E-state index is -5.11. The van der Waals surface area contributed by atoms with E-state index in [9.17, 15) is 41.0 Å². The second kappa shape index (κ2) is 11.5. The van der Waals surface area contributed by atoms with Crippen LogP contribution in [-0.2, 0) is 26.7 Å². The first-order valence-electron chi connectivity index (χ1n) is 14.2. The van der Waals surface area contributed by atoms with E-state index < -0.39 is 58.7 Å². The minimum Gasteiger partial charge on any atom is -0.508 e. The Bertz CT molecular complexity index is 1460. The number of rotatable bonds is 7. The van der Waals surface area contributed by atoms with Crippen LogP contribution in [0.15, 0.2) is 59.2 Å². The van der Waals surface area contributed by atoms with E-state index >= 15 is 0 Å². The number of carbonyl (C=O) groups excluding carboxylic acids is 2. The quantitative estimate of drug-likeness (QED) is 0.197. The van der Waals surface area contributed by atoms with Crippen LogP contribution in [-0.4, -0.2) is 29.6 Å². The predicted molar refractivity (Wildman–Crippen MR) is 147 cm³/mol. The number of halogens is 6. The lowest BCUT2D eigenvalue weighted by molar-refractivity contribution is -0.143. The lowest BCUT2D eigenvalue weighted by atomic mass is 9.70. The number of benzene rings is 2. The molecule has 0 aromatic heterocycles. The number of phenolic OH excluding ortho intramolecular Hbond substituents is 1. The summed E-state index contributed by atoms with van der Waals surface area (Å²) in [6.45, 7) is 4.02. The van der Waals surface area contributed by atoms with Crippen molar-refractivity contribution >= 4 is 23.6 Å². The molecule has 1 aliphatic carbocycles. The van der Waals surface area contributed by atoms with Gasteiger partial charge in [-0.3, -0.25) is 9.59 Å². The lowest BCUT2D eigenvalue weighted by Crippen LogP contribution is -2.34. The zero-order valence-electron chi connectivity index (χ0n) is 23.6. The summed E-state index contributed by atoms with van der Waals surface area (Å²) in [4.78, 5) is 27.6. The Morgan fingerprint density at radius 3 is 2.26 bits per heavy atom. The molecule has 11 heteroatoms. The summed E-state index contributed by atoms with van der Waals surface area (Å²) in [7, 11) is 0. The molecule has 0 saturated carbocycles. The SMILES string of the molecule is CCC/C(=C\c1cccc(O)c1)CC[C@H]1OC[C@H]2C1=C(C)C[C@H]1C(=O)N(c3cc(C(F)(F)F)cc(C(F)(F)F)c3)C(=O)[C@H]12. The minimum absolute atomic E-state index is 0.0252. The molecule has 2 saturated heterocycles. The molecule has 2 aromatic rings. The second-order valence-corrected chi connectivity index (χ2v) is 11.5. The Kier molecular flexibility index (Phi) is 8.24. The standard InChI is InChI=1S/C32H31F6NO4/c1-3-5-18(11-19-6-4-7-23(40)12-19)8-9-26-27-17(2)10-24-28(25(27)16-43-26)30(42)39(29(24)41)22-14-20(31(33,34)35)13-21(15-22)32(36,37)38/h4,6-7,11-15,24-26,28,40H,3,5,8-10,16H2,1-2H3/b18-11+/t24-,25+,26-,28-/m1/s1. The molecule has 0 spiro atoms. The van der Waals surface area contributed by atoms with E-state index in [1.807, 2.05) is 19.1 Å². The van der Waals surface area contributed by atoms with Gasteiger partial charge in [-0.05, 0) is 74.1 Å². The van der Waals surface area contributed by atoms with Crippen molar-refractivity contribution in [2.75, 3.05) is 11.5 Å². The third kappa shape index (κ3) is 6.09. The summed E-state index contributed by atoms with van der Waals surface area (Å²) in [6, 6.07) is 7.73. The largest absolute Gasteiger partial charge is 0.508 e. The summed E-state index contributed by atoms with van der Waals surface area (Å²) in [5, 5.41) is 9.81. The number of hydrogen-bond acceptors (Lipinski definition) is 4. The molecule has 0 radical (unpaired) electrons. The van der Waals surface area contributed by atoms with Crippen LogP contribution in [0.4, 0.5) is 32.0 Å². The Labute approximate surface area is 244 Å². The molecule has 2 aliphatic heterocycles. The third-order valence-corrected chi connectivity index (χ3v) is 8.52. The molecule has 2 amide bonds. The van der Waals surface area contributed by atoms with Crippen LogP contribution in [0.2, 0.25) is 0 Å². The molecule has 0 unspecified atom stereocenters. The number of imide groups is 1. The van der Waals surface area contributed by atoms with Gasteiger partial charge in [0.2, 0.25) is 11.8 Å². The van der Waals surface area contributed by atoms with Crippen LogP contribution < -0.4 is 4.90 Å². The monoisotopic (exact) mass is 607 g/mol. The van der Waals surface area contributed by atoms with E-state index in [-0.39, 0.29) is 30.9 Å². The highest BCUT2D eigenvalue weighted by Crippen LogP contribution is 2.51. The van der Waals surface area contributed by atoms with E-state index in [0.29, 0.717) is 29.9 Å². The number of ether oxygens (including phenoxy) is 1. The van der Waals surface area contributed by atoms with Gasteiger partial charge in [-0.15, -0.1) is 0 Å². The number of carbonyl (C=O) groups is 2. The topological polar surface area (TPSA) is 66.8 Å². The van der Waals surface area contributed by atoms with Gasteiger partial charge >= 0.3 is 12.4 Å². The zero-order valence-corrected chi connectivity index (χ0v) is 23.6. The number of anilines is 1. The first kappa shape index (κ1) is 30.8. The molecular formula is C32H31F6NO4. The first-order chi connectivity index (χ1) is 20.2. The van der Waals surface area contributed by atoms with Gasteiger partial charge in [-0.1, -0.05) is 42.7 Å². The van der Waals surface area contributed by atoms with E-state index in [0.717, 1.165) is 35.1 Å². The predicted octanol–water partition coefficient (Wildman–Crippen LogP) is 7.93. The van der Waals surface area contributed by atoms with Gasteiger partial charge in [0.15, 0.2) is 0 Å². The second-order valence-electron chi connectivity index (χ2n) is 11.5. The number of allylic oxidation sites excluding steroid dienone is 2. The van der Waals surface area contributed by atoms with Crippen LogP contribution in [0.25, 0.3) is 6.08 Å². The van der Waals surface area contributed by atoms with Crippen LogP contribution in [0.3, 0.4) is 0 Å². The average molecular weight is 608 g/mol. The first-order valence-corrected chi connectivity index (χ1v) is 14.2. The zero-order chi connectivity index (χ0) is 31.3. The normalized spacial score (nSPS) is 24.6. The van der Waals surface area contributed by atoms with E-state index in [1.54, 1.807) is 18.2 Å². The molecule has 2 aromatic carbocycles. The molecule has 2 fully saturated rings. The van der Waals surface area contributed by atoms with Crippen molar-refractivity contribution in [3.05, 3.63) is 75.9 Å². The summed E-state index contributed by atoms with van der Waals surface area (Å²) in [5.41, 5.74) is -0.161. The summed E-state index contributed by atoms with van der Waals surface area (Å²) < 4.78 is 87.2. The van der Waals surface area contributed by atoms with E-state index in [2.05, 4.69) is 6.92 Å². The molecular weight excluding hydrogens is 576 g/mol. The fourth-order valence-corrected chi connectivity index (χ4v) is 6.71. The number of fused-ring (bicyclic) bond motifs is 3. The summed E-state index contributed by atoms with van der Waals surface area (Å²) >= 11 is 0. The smallest absolute Gasteiger partial charge is 0.416 e. The average Bonchev–Trinajstić information content (AvgIpc) is 3.45. The maximum Gasteiger partial charge on any atom is 0.416 e. The van der Waals surface area contributed by atoms with Gasteiger partial charge in [-0.2, -0.15) is 26.3 Å². The molecule has 230 valence electrons. The molecule has 2 heterocycles. The van der Waals surface area contributed by atoms with E-state index in [4.69, 9.17) is 4.74 Å². The molecule has 5 rings (SSSR count). The maximum atomic E-state index is 13.6. The Balaban J connectivity index is 1.40. The highest BCUT2D eigenvalue weighted by atomic mass is 19.4. The van der Waals surface area contributed by atoms with E-state index in [1.165, 1.54) is 0 Å². The fraction of sp³-hybridized carbons (Fsp3) is 0.438. The van der Waals surface area contributed by atoms with Crippen molar-refractivity contribution in [2.45, 2.75) is 64.4 Å². The lowest BCUT2D eigenvalue weighted by Gasteiger charge is -2.30. The Morgan fingerprint density at radius 2 is 1.65 bits per heavy atom. The molecule has 3 aliphatic rings. The van der Waals surface area contributed by atoms with Crippen molar-refractivity contribution in [1.82, 2.24) is 0 Å². The van der Waals surface area contributed by atoms with Gasteiger partial charge in [0.05, 0.1) is 41.4 Å². The summed E-state index contributed by atoms with van der Waals surface area (Å²) in [5.74, 6) is -3.77. The van der Waals surface area contributed by atoms with Crippen molar-refractivity contribution in [1.29, 1.82) is 0 Å². The van der Waals surface area contributed by atoms with Gasteiger partial charge in [0, 0.05) is 5.92 Å². The number of amides is 2. The third-order valence-electron chi connectivity index (χ3n) is 8.52. The number of phenols is 1. The molecule has 4 atom stereocenters. The Morgan fingerprint density at radius 1 is 0.977 bits per heavy atom. The summed E-state index contributed by atoms with van der Waals surface area (Å²) in [6.07, 6.45) is -5.36. The number of hydrogen-bond donors (Lipinski definition) is 1. The van der Waals surface area contributed by atoms with Gasteiger partial charge in [-0.25, -0.2) is 4.90 Å².